The molecule has 1 aliphatic heterocycles. The maximum absolute atomic E-state index is 13.2. The highest BCUT2D eigenvalue weighted by Crippen LogP contribution is 2.30. The largest absolute Gasteiger partial charge is 0.496 e. The molecule has 3 aromatic rings. The minimum Gasteiger partial charge on any atom is -0.496 e. The highest BCUT2D eigenvalue weighted by Gasteiger charge is 2.30. The van der Waals surface area contributed by atoms with Gasteiger partial charge in [-0.3, -0.25) is 9.69 Å². The molecule has 7 nitrogen and oxygen atoms in total. The van der Waals surface area contributed by atoms with Crippen molar-refractivity contribution in [2.24, 2.45) is 0 Å². The first-order valence-electron chi connectivity index (χ1n) is 13.1. The Kier molecular flexibility index (Phi) is 9.90. The molecular weight excluding hydrogens is 548 g/mol. The van der Waals surface area contributed by atoms with Crippen molar-refractivity contribution in [2.45, 2.75) is 33.8 Å². The first-order valence-corrected chi connectivity index (χ1v) is 13.9. The number of hydrogen-bond donors (Lipinski definition) is 1. The van der Waals surface area contributed by atoms with Gasteiger partial charge in [-0.15, -0.1) is 0 Å². The van der Waals surface area contributed by atoms with Crippen molar-refractivity contribution in [3.05, 3.63) is 87.6 Å². The summed E-state index contributed by atoms with van der Waals surface area (Å²) in [5.41, 5.74) is 4.05. The van der Waals surface area contributed by atoms with Crippen LogP contribution in [0.1, 0.15) is 36.1 Å². The Morgan fingerprint density at radius 2 is 1.65 bits per heavy atom. The molecule has 4 rings (SSSR count). The zero-order valence-electron chi connectivity index (χ0n) is 23.1. The SMILES string of the molecule is CCOc1ccc(CCN2C(=O)/C(=C\c3ccc(OC)c(COc4ccc(Cl)cc4C)c3)NC2=S)cc1OCC. The molecule has 3 aromatic carbocycles. The molecule has 0 bridgehead atoms. The van der Waals surface area contributed by atoms with E-state index < -0.39 is 0 Å². The standard InChI is InChI=1S/C31H33ClN2O5S/c1-5-37-28-11-7-21(18-29(28)38-6-2)13-14-34-30(35)25(33-31(34)40)17-22-8-10-27(36-4)23(16-22)19-39-26-12-9-24(32)15-20(26)3/h7-12,15-18H,5-6,13-14,19H2,1-4H3,(H,33,40)/b25-17+. The predicted molar refractivity (Wildman–Crippen MR) is 161 cm³/mol. The van der Waals surface area contributed by atoms with E-state index in [1.165, 1.54) is 0 Å². The first-order chi connectivity index (χ1) is 19.3. The van der Waals surface area contributed by atoms with Crippen molar-refractivity contribution in [3.63, 3.8) is 0 Å². The van der Waals surface area contributed by atoms with E-state index in [1.54, 1.807) is 24.2 Å². The number of nitrogens with zero attached hydrogens (tertiary/aromatic N) is 1. The fourth-order valence-corrected chi connectivity index (χ4v) is 4.88. The van der Waals surface area contributed by atoms with Gasteiger partial charge in [0.1, 0.15) is 23.8 Å². The van der Waals surface area contributed by atoms with Crippen molar-refractivity contribution in [3.8, 4) is 23.0 Å². The summed E-state index contributed by atoms with van der Waals surface area (Å²) in [7, 11) is 1.62. The normalized spacial score (nSPS) is 13.9. The lowest BCUT2D eigenvalue weighted by Gasteiger charge is -2.16. The van der Waals surface area contributed by atoms with Crippen molar-refractivity contribution in [1.82, 2.24) is 10.2 Å². The molecule has 1 fully saturated rings. The summed E-state index contributed by atoms with van der Waals surface area (Å²) in [5.74, 6) is 2.66. The topological polar surface area (TPSA) is 69.3 Å². The highest BCUT2D eigenvalue weighted by molar-refractivity contribution is 7.80. The van der Waals surface area contributed by atoms with Gasteiger partial charge < -0.3 is 24.3 Å². The zero-order chi connectivity index (χ0) is 28.6. The van der Waals surface area contributed by atoms with Gasteiger partial charge in [-0.1, -0.05) is 23.7 Å². The number of carbonyl (C=O) groups excluding carboxylic acids is 1. The molecule has 0 atom stereocenters. The van der Waals surface area contributed by atoms with Gasteiger partial charge in [0, 0.05) is 17.1 Å². The van der Waals surface area contributed by atoms with Gasteiger partial charge in [0.25, 0.3) is 5.91 Å². The van der Waals surface area contributed by atoms with E-state index in [0.717, 1.165) is 28.0 Å². The maximum atomic E-state index is 13.2. The Labute approximate surface area is 245 Å². The number of benzene rings is 3. The molecule has 9 heteroatoms. The summed E-state index contributed by atoms with van der Waals surface area (Å²) >= 11 is 11.6. The Balaban J connectivity index is 1.45. The second-order valence-corrected chi connectivity index (χ2v) is 9.93. The first kappa shape index (κ1) is 29.2. The van der Waals surface area contributed by atoms with Crippen LogP contribution in [-0.4, -0.2) is 42.8 Å². The monoisotopic (exact) mass is 580 g/mol. The lowest BCUT2D eigenvalue weighted by atomic mass is 10.1. The predicted octanol–water partition coefficient (Wildman–Crippen LogP) is 6.33. The second-order valence-electron chi connectivity index (χ2n) is 9.11. The average molecular weight is 581 g/mol. The van der Waals surface area contributed by atoms with Gasteiger partial charge in [-0.25, -0.2) is 0 Å². The molecule has 0 unspecified atom stereocenters. The Hall–Kier alpha value is -3.75. The molecule has 0 aliphatic carbocycles. The van der Waals surface area contributed by atoms with Crippen LogP contribution in [0.4, 0.5) is 0 Å². The molecule has 1 saturated heterocycles. The van der Waals surface area contributed by atoms with Crippen LogP contribution in [0.2, 0.25) is 5.02 Å². The molecule has 0 spiro atoms. The van der Waals surface area contributed by atoms with Crippen LogP contribution in [0.3, 0.4) is 0 Å². The molecule has 40 heavy (non-hydrogen) atoms. The molecule has 0 aromatic heterocycles. The number of hydrogen-bond acceptors (Lipinski definition) is 6. The lowest BCUT2D eigenvalue weighted by Crippen LogP contribution is -2.32. The Bertz CT molecular complexity index is 1420. The smallest absolute Gasteiger partial charge is 0.276 e. The minimum absolute atomic E-state index is 0.175. The summed E-state index contributed by atoms with van der Waals surface area (Å²) in [6.45, 7) is 7.63. The van der Waals surface area contributed by atoms with E-state index >= 15 is 0 Å². The quantitative estimate of drug-likeness (QED) is 0.198. The highest BCUT2D eigenvalue weighted by atomic mass is 35.5. The van der Waals surface area contributed by atoms with Gasteiger partial charge in [0.05, 0.1) is 20.3 Å². The third-order valence-electron chi connectivity index (χ3n) is 6.33. The number of carbonyl (C=O) groups is 1. The minimum atomic E-state index is -0.175. The van der Waals surface area contributed by atoms with Gasteiger partial charge in [-0.05, 0) is 105 Å². The van der Waals surface area contributed by atoms with E-state index in [2.05, 4.69) is 5.32 Å². The summed E-state index contributed by atoms with van der Waals surface area (Å²) in [6, 6.07) is 17.0. The second kappa shape index (κ2) is 13.5. The van der Waals surface area contributed by atoms with Crippen molar-refractivity contribution >= 4 is 40.9 Å². The molecular formula is C31H33ClN2O5S. The molecule has 1 heterocycles. The van der Waals surface area contributed by atoms with E-state index in [1.807, 2.05) is 69.3 Å². The van der Waals surface area contributed by atoms with Crippen LogP contribution in [0.15, 0.2) is 60.3 Å². The number of nitrogens with one attached hydrogen (secondary N) is 1. The average Bonchev–Trinajstić information content (AvgIpc) is 3.20. The van der Waals surface area contributed by atoms with E-state index in [9.17, 15) is 4.79 Å². The number of rotatable bonds is 12. The molecule has 0 saturated carbocycles. The molecule has 210 valence electrons. The van der Waals surface area contributed by atoms with E-state index in [0.29, 0.717) is 65.9 Å². The van der Waals surface area contributed by atoms with Crippen LogP contribution in [-0.2, 0) is 17.8 Å². The zero-order valence-corrected chi connectivity index (χ0v) is 24.7. The summed E-state index contributed by atoms with van der Waals surface area (Å²) < 4.78 is 22.9. The lowest BCUT2D eigenvalue weighted by molar-refractivity contribution is -0.122. The molecule has 1 N–H and O–H groups in total. The number of ether oxygens (including phenoxy) is 4. The van der Waals surface area contributed by atoms with Gasteiger partial charge in [-0.2, -0.15) is 0 Å². The third kappa shape index (κ3) is 7.06. The van der Waals surface area contributed by atoms with E-state index in [4.69, 9.17) is 42.8 Å². The Morgan fingerprint density at radius 3 is 2.38 bits per heavy atom. The maximum Gasteiger partial charge on any atom is 0.276 e. The van der Waals surface area contributed by atoms with Crippen LogP contribution < -0.4 is 24.3 Å². The molecule has 1 amide bonds. The summed E-state index contributed by atoms with van der Waals surface area (Å²) in [4.78, 5) is 14.8. The van der Waals surface area contributed by atoms with Crippen LogP contribution in [0.5, 0.6) is 23.0 Å². The van der Waals surface area contributed by atoms with Gasteiger partial charge in [0.15, 0.2) is 16.6 Å². The fraction of sp³-hybridized carbons (Fsp3) is 0.290. The molecule has 1 aliphatic rings. The Morgan fingerprint density at radius 1 is 0.925 bits per heavy atom. The van der Waals surface area contributed by atoms with Crippen LogP contribution in [0, 0.1) is 6.92 Å². The van der Waals surface area contributed by atoms with Crippen molar-refractivity contribution < 1.29 is 23.7 Å². The third-order valence-corrected chi connectivity index (χ3v) is 6.89. The summed E-state index contributed by atoms with van der Waals surface area (Å²) in [6.07, 6.45) is 2.40. The van der Waals surface area contributed by atoms with Crippen molar-refractivity contribution in [2.75, 3.05) is 26.9 Å². The van der Waals surface area contributed by atoms with Crippen molar-refractivity contribution in [1.29, 1.82) is 0 Å². The van der Waals surface area contributed by atoms with Gasteiger partial charge in [0.2, 0.25) is 0 Å². The fourth-order valence-electron chi connectivity index (χ4n) is 4.36. The van der Waals surface area contributed by atoms with Gasteiger partial charge >= 0.3 is 0 Å². The number of aryl methyl sites for hydroxylation is 1. The number of halogens is 1. The number of methoxy groups -OCH3 is 1. The number of amides is 1. The summed E-state index contributed by atoms with van der Waals surface area (Å²) in [5, 5.41) is 4.10. The van der Waals surface area contributed by atoms with Crippen LogP contribution >= 0.6 is 23.8 Å². The van der Waals surface area contributed by atoms with Crippen LogP contribution in [0.25, 0.3) is 6.08 Å². The van der Waals surface area contributed by atoms with E-state index in [-0.39, 0.29) is 5.91 Å². The molecule has 0 radical (unpaired) electrons. The number of thiocarbonyl (C=S) groups is 1.